The zero-order valence-electron chi connectivity index (χ0n) is 18.8. The van der Waals surface area contributed by atoms with E-state index in [1.165, 1.54) is 4.90 Å². The van der Waals surface area contributed by atoms with E-state index in [-0.39, 0.29) is 18.4 Å². The number of rotatable bonds is 10. The molecule has 0 aromatic heterocycles. The summed E-state index contributed by atoms with van der Waals surface area (Å²) in [5.41, 5.74) is 1.11. The van der Waals surface area contributed by atoms with Crippen molar-refractivity contribution in [3.05, 3.63) is 65.2 Å². The van der Waals surface area contributed by atoms with Crippen molar-refractivity contribution in [3.8, 4) is 0 Å². The molecular formula is C23H30ClN3O4S. The molecule has 2 rings (SSSR count). The van der Waals surface area contributed by atoms with Crippen LogP contribution in [-0.2, 0) is 26.2 Å². The fraction of sp³-hybridized carbons (Fsp3) is 0.391. The Morgan fingerprint density at radius 1 is 1.03 bits per heavy atom. The molecule has 0 unspecified atom stereocenters. The van der Waals surface area contributed by atoms with E-state index in [0.717, 1.165) is 16.1 Å². The van der Waals surface area contributed by atoms with Crippen LogP contribution in [0.15, 0.2) is 54.6 Å². The number of nitrogens with one attached hydrogen (secondary N) is 1. The van der Waals surface area contributed by atoms with Crippen molar-refractivity contribution < 1.29 is 18.0 Å². The third kappa shape index (κ3) is 7.53. The highest BCUT2D eigenvalue weighted by Crippen LogP contribution is 2.19. The molecule has 2 amide bonds. The van der Waals surface area contributed by atoms with Crippen LogP contribution in [0.5, 0.6) is 0 Å². The molecule has 0 bridgehead atoms. The minimum absolute atomic E-state index is 0.113. The highest BCUT2D eigenvalue weighted by atomic mass is 35.5. The number of hydrogen-bond donors (Lipinski definition) is 1. The Morgan fingerprint density at radius 3 is 2.25 bits per heavy atom. The van der Waals surface area contributed by atoms with Gasteiger partial charge in [0.1, 0.15) is 12.6 Å². The van der Waals surface area contributed by atoms with Gasteiger partial charge in [-0.2, -0.15) is 0 Å². The molecule has 0 saturated carbocycles. The first-order chi connectivity index (χ1) is 15.0. The van der Waals surface area contributed by atoms with Crippen LogP contribution in [0.2, 0.25) is 5.02 Å². The Balaban J connectivity index is 2.33. The SMILES string of the molecule is CC(C)CNC(=O)[C@H](C)N(Cc1cccc(Cl)c1)C(=O)CN(c1ccccc1)S(C)(=O)=O. The summed E-state index contributed by atoms with van der Waals surface area (Å²) < 4.78 is 25.9. The maximum absolute atomic E-state index is 13.4. The Hall–Kier alpha value is -2.58. The van der Waals surface area contributed by atoms with E-state index >= 15 is 0 Å². The normalized spacial score (nSPS) is 12.3. The molecule has 0 aliphatic rings. The number of carbonyl (C=O) groups is 2. The topological polar surface area (TPSA) is 86.8 Å². The van der Waals surface area contributed by atoms with Crippen molar-refractivity contribution in [2.75, 3.05) is 23.7 Å². The summed E-state index contributed by atoms with van der Waals surface area (Å²) in [5.74, 6) is -0.548. The third-order valence-electron chi connectivity index (χ3n) is 4.82. The molecule has 9 heteroatoms. The molecule has 1 N–H and O–H groups in total. The monoisotopic (exact) mass is 479 g/mol. The molecule has 0 saturated heterocycles. The van der Waals surface area contributed by atoms with Gasteiger partial charge in [-0.25, -0.2) is 8.42 Å². The summed E-state index contributed by atoms with van der Waals surface area (Å²) in [4.78, 5) is 27.5. The number of benzene rings is 2. The molecule has 0 aliphatic heterocycles. The fourth-order valence-corrected chi connectivity index (χ4v) is 4.14. The van der Waals surface area contributed by atoms with E-state index in [1.807, 2.05) is 13.8 Å². The van der Waals surface area contributed by atoms with Crippen LogP contribution in [0.25, 0.3) is 0 Å². The predicted octanol–water partition coefficient (Wildman–Crippen LogP) is 3.30. The molecule has 32 heavy (non-hydrogen) atoms. The van der Waals surface area contributed by atoms with Gasteiger partial charge in [-0.15, -0.1) is 0 Å². The number of amides is 2. The minimum atomic E-state index is -3.73. The molecule has 1 atom stereocenters. The summed E-state index contributed by atoms with van der Waals surface area (Å²) >= 11 is 6.09. The van der Waals surface area contributed by atoms with Crippen molar-refractivity contribution in [1.82, 2.24) is 10.2 Å². The van der Waals surface area contributed by atoms with Gasteiger partial charge in [0.2, 0.25) is 21.8 Å². The van der Waals surface area contributed by atoms with Crippen LogP contribution in [0.4, 0.5) is 5.69 Å². The molecule has 174 valence electrons. The van der Waals surface area contributed by atoms with Gasteiger partial charge < -0.3 is 10.2 Å². The molecule has 2 aromatic rings. The van der Waals surface area contributed by atoms with E-state index in [9.17, 15) is 18.0 Å². The second-order valence-electron chi connectivity index (χ2n) is 8.07. The van der Waals surface area contributed by atoms with Crippen molar-refractivity contribution >= 4 is 39.1 Å². The van der Waals surface area contributed by atoms with Crippen LogP contribution in [0.3, 0.4) is 0 Å². The van der Waals surface area contributed by atoms with Crippen molar-refractivity contribution in [1.29, 1.82) is 0 Å². The number of halogens is 1. The molecule has 7 nitrogen and oxygen atoms in total. The number of carbonyl (C=O) groups excluding carboxylic acids is 2. The molecule has 2 aromatic carbocycles. The number of hydrogen-bond acceptors (Lipinski definition) is 4. The maximum Gasteiger partial charge on any atom is 0.244 e. The van der Waals surface area contributed by atoms with Crippen LogP contribution in [0, 0.1) is 5.92 Å². The summed E-state index contributed by atoms with van der Waals surface area (Å²) in [6, 6.07) is 14.6. The maximum atomic E-state index is 13.4. The number of para-hydroxylation sites is 1. The summed E-state index contributed by atoms with van der Waals surface area (Å²) in [7, 11) is -3.73. The lowest BCUT2D eigenvalue weighted by atomic mass is 10.1. The number of nitrogens with zero attached hydrogens (tertiary/aromatic N) is 2. The van der Waals surface area contributed by atoms with Crippen LogP contribution >= 0.6 is 11.6 Å². The van der Waals surface area contributed by atoms with E-state index in [1.54, 1.807) is 61.5 Å². The minimum Gasteiger partial charge on any atom is -0.354 e. The van der Waals surface area contributed by atoms with Crippen molar-refractivity contribution in [2.24, 2.45) is 5.92 Å². The molecule has 0 radical (unpaired) electrons. The Bertz CT molecular complexity index is 1030. The number of anilines is 1. The first kappa shape index (κ1) is 25.7. The lowest BCUT2D eigenvalue weighted by Gasteiger charge is -2.31. The highest BCUT2D eigenvalue weighted by molar-refractivity contribution is 7.92. The zero-order chi connectivity index (χ0) is 23.9. The molecular weight excluding hydrogens is 450 g/mol. The lowest BCUT2D eigenvalue weighted by Crippen LogP contribution is -2.51. The fourth-order valence-electron chi connectivity index (χ4n) is 3.08. The van der Waals surface area contributed by atoms with Crippen molar-refractivity contribution in [2.45, 2.75) is 33.4 Å². The van der Waals surface area contributed by atoms with Gasteiger partial charge in [0.05, 0.1) is 11.9 Å². The first-order valence-electron chi connectivity index (χ1n) is 10.3. The molecule has 0 heterocycles. The Kier molecular flexibility index (Phi) is 9.09. The van der Waals surface area contributed by atoms with E-state index in [2.05, 4.69) is 5.32 Å². The average molecular weight is 480 g/mol. The first-order valence-corrected chi connectivity index (χ1v) is 12.6. The summed E-state index contributed by atoms with van der Waals surface area (Å²) in [5, 5.41) is 3.35. The summed E-state index contributed by atoms with van der Waals surface area (Å²) in [6.45, 7) is 5.74. The standard InChI is InChI=1S/C23H30ClN3O4S/c1-17(2)14-25-23(29)18(3)26(15-19-9-8-10-20(24)13-19)22(28)16-27(32(4,30)31)21-11-6-5-7-12-21/h5-13,17-18H,14-16H2,1-4H3,(H,25,29)/t18-/m0/s1. The molecule has 0 fully saturated rings. The van der Waals surface area contributed by atoms with Gasteiger partial charge in [0.25, 0.3) is 0 Å². The van der Waals surface area contributed by atoms with E-state index in [4.69, 9.17) is 11.6 Å². The van der Waals surface area contributed by atoms with Gasteiger partial charge in [-0.3, -0.25) is 13.9 Å². The molecule has 0 spiro atoms. The molecule has 0 aliphatic carbocycles. The largest absolute Gasteiger partial charge is 0.354 e. The second kappa shape index (κ2) is 11.3. The van der Waals surface area contributed by atoms with Gasteiger partial charge in [0.15, 0.2) is 0 Å². The van der Waals surface area contributed by atoms with Crippen LogP contribution in [0.1, 0.15) is 26.3 Å². The number of sulfonamides is 1. The Labute approximate surface area is 195 Å². The Morgan fingerprint density at radius 2 is 1.69 bits per heavy atom. The summed E-state index contributed by atoms with van der Waals surface area (Å²) in [6.07, 6.45) is 1.05. The van der Waals surface area contributed by atoms with Gasteiger partial charge >= 0.3 is 0 Å². The third-order valence-corrected chi connectivity index (χ3v) is 6.19. The van der Waals surface area contributed by atoms with Crippen LogP contribution in [-0.4, -0.2) is 50.5 Å². The van der Waals surface area contributed by atoms with Gasteiger partial charge in [-0.1, -0.05) is 55.8 Å². The smallest absolute Gasteiger partial charge is 0.244 e. The van der Waals surface area contributed by atoms with Gasteiger partial charge in [0, 0.05) is 18.1 Å². The predicted molar refractivity (Wildman–Crippen MR) is 128 cm³/mol. The zero-order valence-corrected chi connectivity index (χ0v) is 20.4. The van der Waals surface area contributed by atoms with Crippen LogP contribution < -0.4 is 9.62 Å². The quantitative estimate of drug-likeness (QED) is 0.566. The highest BCUT2D eigenvalue weighted by Gasteiger charge is 2.30. The van der Waals surface area contributed by atoms with E-state index in [0.29, 0.717) is 17.3 Å². The second-order valence-corrected chi connectivity index (χ2v) is 10.4. The van der Waals surface area contributed by atoms with E-state index < -0.39 is 28.5 Å². The lowest BCUT2D eigenvalue weighted by molar-refractivity contribution is -0.139. The van der Waals surface area contributed by atoms with Gasteiger partial charge in [-0.05, 0) is 42.7 Å². The average Bonchev–Trinajstić information content (AvgIpc) is 2.73. The van der Waals surface area contributed by atoms with Crippen molar-refractivity contribution in [3.63, 3.8) is 0 Å².